The summed E-state index contributed by atoms with van der Waals surface area (Å²) in [5.74, 6) is -0.676. The van der Waals surface area contributed by atoms with E-state index in [0.717, 1.165) is 35.6 Å². The van der Waals surface area contributed by atoms with Crippen LogP contribution in [0.3, 0.4) is 0 Å². The maximum Gasteiger partial charge on any atom is 0.238 e. The van der Waals surface area contributed by atoms with Gasteiger partial charge in [-0.2, -0.15) is 0 Å². The molecule has 0 saturated carbocycles. The van der Waals surface area contributed by atoms with Crippen molar-refractivity contribution in [3.05, 3.63) is 95.0 Å². The molecule has 0 unspecified atom stereocenters. The Bertz CT molecular complexity index is 1030. The summed E-state index contributed by atoms with van der Waals surface area (Å²) in [6.45, 7) is 2.76. The van der Waals surface area contributed by atoms with Gasteiger partial charge in [0.2, 0.25) is 5.91 Å². The number of halogens is 1. The Morgan fingerprint density at radius 3 is 2.09 bits per heavy atom. The third kappa shape index (κ3) is 5.27. The number of benzene rings is 3. The first-order valence-electron chi connectivity index (χ1n) is 10.5. The number of nitrogens with zero attached hydrogens (tertiary/aromatic N) is 1. The molecule has 1 aliphatic rings. The highest BCUT2D eigenvalue weighted by molar-refractivity contribution is 7.80. The Morgan fingerprint density at radius 1 is 0.906 bits per heavy atom. The highest BCUT2D eigenvalue weighted by atomic mass is 35.5. The van der Waals surface area contributed by atoms with E-state index in [9.17, 15) is 4.79 Å². The molecule has 0 aromatic heterocycles. The molecule has 2 N–H and O–H groups in total. The van der Waals surface area contributed by atoms with Crippen LogP contribution in [0.25, 0.3) is 0 Å². The topological polar surface area (TPSA) is 53.6 Å². The van der Waals surface area contributed by atoms with E-state index in [-0.39, 0.29) is 11.0 Å². The monoisotopic (exact) mass is 465 g/mol. The number of morpholine rings is 1. The lowest BCUT2D eigenvalue weighted by molar-refractivity contribution is -0.120. The summed E-state index contributed by atoms with van der Waals surface area (Å²) >= 11 is 12.0. The molecule has 164 valence electrons. The Morgan fingerprint density at radius 2 is 1.50 bits per heavy atom. The SMILES string of the molecule is O=C(NC(=S)Nc1cccc(Cl)c1N1CCOCC1)C(c1ccccc1)c1ccccc1. The van der Waals surface area contributed by atoms with Crippen molar-refractivity contribution in [3.63, 3.8) is 0 Å². The molecule has 0 spiro atoms. The lowest BCUT2D eigenvalue weighted by Gasteiger charge is -2.31. The van der Waals surface area contributed by atoms with Crippen LogP contribution in [0.2, 0.25) is 5.02 Å². The summed E-state index contributed by atoms with van der Waals surface area (Å²) in [6, 6.07) is 25.0. The average molecular weight is 466 g/mol. The molecule has 0 bridgehead atoms. The number of carbonyl (C=O) groups is 1. The number of hydrogen-bond donors (Lipinski definition) is 2. The molecule has 1 fully saturated rings. The molecule has 0 radical (unpaired) electrons. The van der Waals surface area contributed by atoms with Crippen molar-refractivity contribution in [2.75, 3.05) is 36.5 Å². The van der Waals surface area contributed by atoms with Gasteiger partial charge in [-0.15, -0.1) is 0 Å². The summed E-state index contributed by atoms with van der Waals surface area (Å²) in [5.41, 5.74) is 3.41. The summed E-state index contributed by atoms with van der Waals surface area (Å²) in [4.78, 5) is 15.5. The second-order valence-electron chi connectivity index (χ2n) is 7.43. The van der Waals surface area contributed by atoms with Crippen LogP contribution in [-0.2, 0) is 9.53 Å². The molecule has 4 rings (SSSR count). The highest BCUT2D eigenvalue weighted by Crippen LogP contribution is 2.34. The molecule has 1 amide bonds. The second-order valence-corrected chi connectivity index (χ2v) is 8.25. The summed E-state index contributed by atoms with van der Waals surface area (Å²) in [6.07, 6.45) is 0. The fourth-order valence-electron chi connectivity index (χ4n) is 3.85. The standard InChI is InChI=1S/C25H24ClN3O2S/c26-20-12-7-13-21(23(20)29-14-16-31-17-15-29)27-25(32)28-24(30)22(18-8-3-1-4-9-18)19-10-5-2-6-11-19/h1-13,22H,14-17H2,(H2,27,28,30,32). The first-order valence-corrected chi connectivity index (χ1v) is 11.2. The zero-order valence-electron chi connectivity index (χ0n) is 17.5. The molecular formula is C25H24ClN3O2S. The zero-order valence-corrected chi connectivity index (χ0v) is 19.0. The van der Waals surface area contributed by atoms with E-state index < -0.39 is 5.92 Å². The lowest BCUT2D eigenvalue weighted by Crippen LogP contribution is -2.39. The van der Waals surface area contributed by atoms with Crippen molar-refractivity contribution >= 4 is 46.2 Å². The summed E-state index contributed by atoms with van der Waals surface area (Å²) < 4.78 is 5.46. The van der Waals surface area contributed by atoms with Gasteiger partial charge < -0.3 is 20.3 Å². The Labute approximate surface area is 198 Å². The van der Waals surface area contributed by atoms with Gasteiger partial charge in [-0.05, 0) is 35.5 Å². The van der Waals surface area contributed by atoms with Crippen molar-refractivity contribution in [1.82, 2.24) is 5.32 Å². The van der Waals surface area contributed by atoms with Crippen molar-refractivity contribution < 1.29 is 9.53 Å². The van der Waals surface area contributed by atoms with Crippen LogP contribution in [0.5, 0.6) is 0 Å². The number of rotatable bonds is 5. The zero-order chi connectivity index (χ0) is 22.3. The number of ether oxygens (including phenoxy) is 1. The van der Waals surface area contributed by atoms with Crippen molar-refractivity contribution in [2.24, 2.45) is 0 Å². The summed E-state index contributed by atoms with van der Waals surface area (Å²) in [5, 5.41) is 6.89. The predicted molar refractivity (Wildman–Crippen MR) is 134 cm³/mol. The van der Waals surface area contributed by atoms with E-state index in [1.807, 2.05) is 78.9 Å². The van der Waals surface area contributed by atoms with Crippen LogP contribution < -0.4 is 15.5 Å². The minimum atomic E-state index is -0.477. The number of anilines is 2. The number of carbonyl (C=O) groups excluding carboxylic acids is 1. The Kier molecular flexibility index (Phi) is 7.37. The van der Waals surface area contributed by atoms with Crippen LogP contribution in [0, 0.1) is 0 Å². The molecule has 0 aliphatic carbocycles. The number of nitrogens with one attached hydrogen (secondary N) is 2. The van der Waals surface area contributed by atoms with Crippen LogP contribution in [0.4, 0.5) is 11.4 Å². The van der Waals surface area contributed by atoms with E-state index in [1.54, 1.807) is 0 Å². The van der Waals surface area contributed by atoms with E-state index in [1.165, 1.54) is 0 Å². The average Bonchev–Trinajstić information content (AvgIpc) is 2.81. The van der Waals surface area contributed by atoms with Crippen molar-refractivity contribution in [3.8, 4) is 0 Å². The molecule has 1 heterocycles. The molecule has 5 nitrogen and oxygen atoms in total. The maximum atomic E-state index is 13.3. The molecule has 0 atom stereocenters. The van der Waals surface area contributed by atoms with Crippen LogP contribution in [-0.4, -0.2) is 37.3 Å². The number of hydrogen-bond acceptors (Lipinski definition) is 4. The highest BCUT2D eigenvalue weighted by Gasteiger charge is 2.24. The molecule has 3 aromatic carbocycles. The molecule has 3 aromatic rings. The summed E-state index contributed by atoms with van der Waals surface area (Å²) in [7, 11) is 0. The first kappa shape index (κ1) is 22.3. The van der Waals surface area contributed by atoms with E-state index >= 15 is 0 Å². The largest absolute Gasteiger partial charge is 0.378 e. The Balaban J connectivity index is 1.53. The van der Waals surface area contributed by atoms with Gasteiger partial charge in [0.15, 0.2) is 5.11 Å². The normalized spacial score (nSPS) is 13.6. The van der Waals surface area contributed by atoms with Crippen LogP contribution in [0.15, 0.2) is 78.9 Å². The van der Waals surface area contributed by atoms with Gasteiger partial charge in [0.25, 0.3) is 0 Å². The first-order chi connectivity index (χ1) is 15.6. The molecule has 1 saturated heterocycles. The van der Waals surface area contributed by atoms with Gasteiger partial charge in [-0.3, -0.25) is 4.79 Å². The van der Waals surface area contributed by atoms with Gasteiger partial charge in [0.1, 0.15) is 0 Å². The smallest absolute Gasteiger partial charge is 0.238 e. The molecule has 32 heavy (non-hydrogen) atoms. The van der Waals surface area contributed by atoms with Gasteiger partial charge in [-0.1, -0.05) is 78.3 Å². The number of amides is 1. The second kappa shape index (κ2) is 10.6. The van der Waals surface area contributed by atoms with Gasteiger partial charge in [0, 0.05) is 13.1 Å². The van der Waals surface area contributed by atoms with Crippen molar-refractivity contribution in [1.29, 1.82) is 0 Å². The fourth-order valence-corrected chi connectivity index (χ4v) is 4.35. The van der Waals surface area contributed by atoms with Crippen molar-refractivity contribution in [2.45, 2.75) is 5.92 Å². The lowest BCUT2D eigenvalue weighted by atomic mass is 9.90. The fraction of sp³-hybridized carbons (Fsp3) is 0.200. The van der Waals surface area contributed by atoms with Crippen LogP contribution in [0.1, 0.15) is 17.0 Å². The van der Waals surface area contributed by atoms with E-state index in [2.05, 4.69) is 15.5 Å². The number of para-hydroxylation sites is 1. The third-order valence-electron chi connectivity index (χ3n) is 5.33. The van der Waals surface area contributed by atoms with E-state index in [0.29, 0.717) is 18.2 Å². The van der Waals surface area contributed by atoms with Crippen LogP contribution >= 0.6 is 23.8 Å². The predicted octanol–water partition coefficient (Wildman–Crippen LogP) is 4.82. The minimum absolute atomic E-state index is 0.199. The van der Waals surface area contributed by atoms with Gasteiger partial charge in [-0.25, -0.2) is 0 Å². The van der Waals surface area contributed by atoms with Gasteiger partial charge >= 0.3 is 0 Å². The Hall–Kier alpha value is -2.93. The molecular weight excluding hydrogens is 442 g/mol. The molecule has 1 aliphatic heterocycles. The number of thiocarbonyl (C=S) groups is 1. The quantitative estimate of drug-likeness (QED) is 0.529. The minimum Gasteiger partial charge on any atom is -0.378 e. The van der Waals surface area contributed by atoms with E-state index in [4.69, 9.17) is 28.6 Å². The maximum absolute atomic E-state index is 13.3. The van der Waals surface area contributed by atoms with Gasteiger partial charge in [0.05, 0.1) is 35.5 Å². The molecule has 7 heteroatoms. The third-order valence-corrected chi connectivity index (χ3v) is 5.84.